The minimum atomic E-state index is -4.36. The second-order valence-corrected chi connectivity index (χ2v) is 27.6. The summed E-state index contributed by atoms with van der Waals surface area (Å²) in [6.07, 6.45) is 0. The van der Waals surface area contributed by atoms with Gasteiger partial charge in [-0.15, -0.1) is 0 Å². The van der Waals surface area contributed by atoms with Crippen LogP contribution >= 0.6 is 0 Å². The van der Waals surface area contributed by atoms with Crippen molar-refractivity contribution in [3.63, 3.8) is 0 Å². The van der Waals surface area contributed by atoms with Crippen LogP contribution < -0.4 is 0 Å². The Morgan fingerprint density at radius 3 is 0.385 bits per heavy atom. The molecule has 0 aromatic carbocycles. The van der Waals surface area contributed by atoms with Crippen LogP contribution in [0.5, 0.6) is 0 Å². The van der Waals surface area contributed by atoms with Gasteiger partial charge in [0.15, 0.2) is 0 Å². The predicted octanol–water partition coefficient (Wildman–Crippen LogP) is 9.66. The predicted molar refractivity (Wildman–Crippen MR) is 214 cm³/mol. The van der Waals surface area contributed by atoms with Crippen molar-refractivity contribution in [2.45, 2.75) is 237 Å². The van der Waals surface area contributed by atoms with E-state index in [1.807, 2.05) is 187 Å². The third-order valence-corrected chi connectivity index (χ3v) is 13.8. The van der Waals surface area contributed by atoms with E-state index in [1.54, 1.807) is 0 Å². The Bertz CT molecular complexity index is 832. The van der Waals surface area contributed by atoms with Crippen LogP contribution in [0.3, 0.4) is 0 Å². The largest absolute Gasteiger partial charge is 0.669 e. The van der Waals surface area contributed by atoms with E-state index in [-0.39, 0.29) is 0 Å². The molecular formula is C36H81BO12Si3. The molecule has 0 radical (unpaired) electrons. The molecular weight excluding hydrogens is 719 g/mol. The monoisotopic (exact) mass is 801 g/mol. The van der Waals surface area contributed by atoms with E-state index in [0.29, 0.717) is 0 Å². The van der Waals surface area contributed by atoms with Gasteiger partial charge in [-0.2, -0.15) is 0 Å². The van der Waals surface area contributed by atoms with Gasteiger partial charge in [-0.25, -0.2) is 0 Å². The first kappa shape index (κ1) is 52.2. The molecule has 0 amide bonds. The lowest BCUT2D eigenvalue weighted by Gasteiger charge is -2.46. The van der Waals surface area contributed by atoms with Crippen molar-refractivity contribution in [1.82, 2.24) is 0 Å². The normalized spacial score (nSPS) is 15.8. The topological polar surface area (TPSA) is 111 Å². The molecule has 12 nitrogen and oxygen atoms in total. The van der Waals surface area contributed by atoms with E-state index < -0.39 is 84.9 Å². The minimum Gasteiger partial charge on any atom is -0.363 e. The molecule has 52 heavy (non-hydrogen) atoms. The molecule has 0 aliphatic rings. The molecule has 0 aliphatic heterocycles. The third kappa shape index (κ3) is 25.4. The van der Waals surface area contributed by atoms with Crippen molar-refractivity contribution in [1.29, 1.82) is 0 Å². The highest BCUT2D eigenvalue weighted by atomic mass is 28.4. The Morgan fingerprint density at radius 1 is 0.212 bits per heavy atom. The summed E-state index contributed by atoms with van der Waals surface area (Å²) >= 11 is 0. The lowest BCUT2D eigenvalue weighted by Crippen LogP contribution is -2.69. The summed E-state index contributed by atoms with van der Waals surface area (Å²) in [6, 6.07) is 0. The van der Waals surface area contributed by atoms with Crippen molar-refractivity contribution in [3.8, 4) is 0 Å². The van der Waals surface area contributed by atoms with Crippen LogP contribution in [0.4, 0.5) is 0 Å². The first-order chi connectivity index (χ1) is 22.1. The summed E-state index contributed by atoms with van der Waals surface area (Å²) in [5.74, 6) is 0. The molecule has 0 aromatic heterocycles. The maximum atomic E-state index is 6.98. The maximum Gasteiger partial charge on any atom is 0.669 e. The molecule has 0 saturated carbocycles. The lowest BCUT2D eigenvalue weighted by atomic mass is 10.2. The van der Waals surface area contributed by atoms with Gasteiger partial charge >= 0.3 is 34.5 Å². The molecule has 0 atom stereocenters. The van der Waals surface area contributed by atoms with Crippen LogP contribution in [0.15, 0.2) is 0 Å². The smallest absolute Gasteiger partial charge is 0.363 e. The molecule has 0 unspecified atom stereocenters. The second kappa shape index (κ2) is 17.0. The molecule has 16 heteroatoms. The van der Waals surface area contributed by atoms with Crippen LogP contribution in [0.25, 0.3) is 0 Å². The Hall–Kier alpha value is 0.236. The molecule has 0 spiro atoms. The minimum absolute atomic E-state index is 0.812. The number of hydrogen-bond donors (Lipinski definition) is 0. The highest BCUT2D eigenvalue weighted by Crippen LogP contribution is 2.37. The summed E-state index contributed by atoms with van der Waals surface area (Å²) in [7, 11) is -14.8. The highest BCUT2D eigenvalue weighted by molar-refractivity contribution is 6.73. The molecule has 0 saturated heterocycles. The van der Waals surface area contributed by atoms with E-state index in [9.17, 15) is 0 Å². The highest BCUT2D eigenvalue weighted by Gasteiger charge is 2.66. The molecule has 0 aromatic rings. The van der Waals surface area contributed by atoms with Crippen LogP contribution in [0.2, 0.25) is 0 Å². The van der Waals surface area contributed by atoms with Gasteiger partial charge in [0.1, 0.15) is 0 Å². The fourth-order valence-electron chi connectivity index (χ4n) is 4.20. The summed E-state index contributed by atoms with van der Waals surface area (Å²) in [6.45, 7) is 51.2. The SMILES string of the molecule is CC(C)(C)O[Si](OB(O[Si](OC(C)(C)C)(OC(C)(C)C)OC(C)(C)C)O[Si](OC(C)(C)C)(OC(C)(C)C)OC(C)(C)C)(OC(C)(C)C)OC(C)(C)C. The average Bonchev–Trinajstić information content (AvgIpc) is 2.59. The van der Waals surface area contributed by atoms with Gasteiger partial charge in [0.25, 0.3) is 0 Å². The average molecular weight is 801 g/mol. The Morgan fingerprint density at radius 2 is 0.308 bits per heavy atom. The molecule has 0 aliphatic carbocycles. The number of rotatable bonds is 15. The van der Waals surface area contributed by atoms with Gasteiger partial charge in [0.2, 0.25) is 0 Å². The van der Waals surface area contributed by atoms with E-state index in [1.165, 1.54) is 0 Å². The van der Waals surface area contributed by atoms with Gasteiger partial charge in [0, 0.05) is 0 Å². The van der Waals surface area contributed by atoms with Gasteiger partial charge in [0.05, 0.1) is 50.4 Å². The van der Waals surface area contributed by atoms with Gasteiger partial charge in [-0.05, 0) is 187 Å². The van der Waals surface area contributed by atoms with E-state index >= 15 is 0 Å². The molecule has 0 rings (SSSR count). The van der Waals surface area contributed by atoms with E-state index in [4.69, 9.17) is 52.9 Å². The van der Waals surface area contributed by atoms with Crippen LogP contribution in [0, 0.1) is 0 Å². The van der Waals surface area contributed by atoms with Crippen molar-refractivity contribution in [2.24, 2.45) is 0 Å². The molecule has 0 N–H and O–H groups in total. The molecule has 0 fully saturated rings. The van der Waals surface area contributed by atoms with Crippen molar-refractivity contribution in [2.75, 3.05) is 0 Å². The van der Waals surface area contributed by atoms with Gasteiger partial charge in [-0.1, -0.05) is 0 Å². The summed E-state index contributed by atoms with van der Waals surface area (Å²) in [5, 5.41) is 0. The van der Waals surface area contributed by atoms with Crippen molar-refractivity contribution < 1.29 is 52.9 Å². The summed E-state index contributed by atoms with van der Waals surface area (Å²) in [5.41, 5.74) is -7.31. The van der Waals surface area contributed by atoms with Crippen molar-refractivity contribution in [3.05, 3.63) is 0 Å². The van der Waals surface area contributed by atoms with Gasteiger partial charge < -0.3 is 52.9 Å². The Kier molecular flexibility index (Phi) is 17.1. The summed E-state index contributed by atoms with van der Waals surface area (Å²) in [4.78, 5) is 0. The first-order valence-corrected chi connectivity index (χ1v) is 23.4. The zero-order valence-electron chi connectivity index (χ0n) is 38.5. The zero-order chi connectivity index (χ0) is 42.1. The first-order valence-electron chi connectivity index (χ1n) is 18.5. The lowest BCUT2D eigenvalue weighted by molar-refractivity contribution is -0.143. The van der Waals surface area contributed by atoms with Crippen molar-refractivity contribution >= 4 is 34.5 Å². The third-order valence-electron chi connectivity index (χ3n) is 4.60. The Balaban J connectivity index is 8.46. The quantitative estimate of drug-likeness (QED) is 0.147. The van der Waals surface area contributed by atoms with E-state index in [2.05, 4.69) is 0 Å². The van der Waals surface area contributed by atoms with Gasteiger partial charge in [-0.3, -0.25) is 0 Å². The summed E-state index contributed by atoms with van der Waals surface area (Å²) < 4.78 is 81.6. The maximum absolute atomic E-state index is 6.98. The zero-order valence-corrected chi connectivity index (χ0v) is 41.5. The van der Waals surface area contributed by atoms with Crippen LogP contribution in [-0.2, 0) is 52.9 Å². The van der Waals surface area contributed by atoms with Crippen LogP contribution in [-0.4, -0.2) is 84.9 Å². The Labute approximate surface area is 323 Å². The van der Waals surface area contributed by atoms with Crippen LogP contribution in [0.1, 0.15) is 187 Å². The fourth-order valence-corrected chi connectivity index (χ4v) is 13.0. The molecule has 0 heterocycles. The fraction of sp³-hybridized carbons (Fsp3) is 1.00. The molecule has 0 bridgehead atoms. The second-order valence-electron chi connectivity index (χ2n) is 22.1. The van der Waals surface area contributed by atoms with E-state index in [0.717, 1.165) is 0 Å². The molecule has 312 valence electrons. The number of hydrogen-bond acceptors (Lipinski definition) is 12. The standard InChI is InChI=1S/C36H81BO12Si3/c1-28(2,3)38-50(39-29(4,5)6,40-30(7,8)9)47-37(48-51(41-31(10,11)12,42-32(13,14)15)43-33(16,17)18)49-52(44-34(19,20)21,45-35(22,23)24)46-36(25,26)27/h1-27H3.